The van der Waals surface area contributed by atoms with Crippen molar-refractivity contribution in [2.24, 2.45) is 0 Å². The molecule has 1 aromatic rings. The van der Waals surface area contributed by atoms with Gasteiger partial charge >= 0.3 is 0 Å². The summed E-state index contributed by atoms with van der Waals surface area (Å²) in [7, 11) is 2.14. The number of hydrogen-bond acceptors (Lipinski definition) is 2. The Hall–Kier alpha value is -0.930. The Labute approximate surface area is 108 Å². The minimum atomic E-state index is -0.173. The van der Waals surface area contributed by atoms with Crippen molar-refractivity contribution in [1.29, 1.82) is 0 Å². The van der Waals surface area contributed by atoms with Crippen LogP contribution in [-0.4, -0.2) is 35.7 Å². The standard InChI is InChI=1S/C15H22FNO/c1-17(14-6-8-15(18)9-7-14)11-10-12-2-4-13(16)5-3-12/h2-5,14-15,18H,6-11H2,1H3. The van der Waals surface area contributed by atoms with Gasteiger partial charge in [-0.1, -0.05) is 12.1 Å². The van der Waals surface area contributed by atoms with E-state index in [0.29, 0.717) is 6.04 Å². The zero-order chi connectivity index (χ0) is 13.0. The molecule has 0 aromatic heterocycles. The Morgan fingerprint density at radius 1 is 1.17 bits per heavy atom. The molecule has 1 aromatic carbocycles. The molecule has 0 bridgehead atoms. The first-order valence-corrected chi connectivity index (χ1v) is 6.78. The summed E-state index contributed by atoms with van der Waals surface area (Å²) < 4.78 is 12.8. The molecule has 1 aliphatic carbocycles. The SMILES string of the molecule is CN(CCc1ccc(F)cc1)C1CCC(O)CC1. The Kier molecular flexibility index (Phi) is 4.72. The maximum absolute atomic E-state index is 12.8. The second-order valence-corrected chi connectivity index (χ2v) is 5.32. The van der Waals surface area contributed by atoms with Crippen LogP contribution in [0.25, 0.3) is 0 Å². The number of rotatable bonds is 4. The normalized spacial score (nSPS) is 24.4. The monoisotopic (exact) mass is 251 g/mol. The van der Waals surface area contributed by atoms with Crippen LogP contribution in [0, 0.1) is 5.82 Å². The average Bonchev–Trinajstić information content (AvgIpc) is 2.38. The van der Waals surface area contributed by atoms with Gasteiger partial charge in [-0.2, -0.15) is 0 Å². The van der Waals surface area contributed by atoms with Gasteiger partial charge in [-0.25, -0.2) is 4.39 Å². The van der Waals surface area contributed by atoms with Crippen LogP contribution in [0.3, 0.4) is 0 Å². The van der Waals surface area contributed by atoms with Crippen molar-refractivity contribution in [1.82, 2.24) is 4.90 Å². The molecular weight excluding hydrogens is 229 g/mol. The lowest BCUT2D eigenvalue weighted by Crippen LogP contribution is -2.37. The Morgan fingerprint density at radius 2 is 1.78 bits per heavy atom. The predicted molar refractivity (Wildman–Crippen MR) is 71.0 cm³/mol. The maximum Gasteiger partial charge on any atom is 0.123 e. The molecule has 1 fully saturated rings. The van der Waals surface area contributed by atoms with E-state index in [0.717, 1.165) is 38.6 Å². The van der Waals surface area contributed by atoms with Gasteiger partial charge in [0.05, 0.1) is 6.10 Å². The van der Waals surface area contributed by atoms with Crippen LogP contribution >= 0.6 is 0 Å². The molecule has 1 N–H and O–H groups in total. The molecular formula is C15H22FNO. The molecule has 100 valence electrons. The Bertz CT molecular complexity index is 357. The van der Waals surface area contributed by atoms with E-state index in [1.165, 1.54) is 17.7 Å². The van der Waals surface area contributed by atoms with Crippen LogP contribution in [0.2, 0.25) is 0 Å². The molecule has 0 saturated heterocycles. The van der Waals surface area contributed by atoms with Crippen LogP contribution < -0.4 is 0 Å². The third-order valence-corrected chi connectivity index (χ3v) is 3.96. The smallest absolute Gasteiger partial charge is 0.123 e. The van der Waals surface area contributed by atoms with Crippen molar-refractivity contribution in [3.8, 4) is 0 Å². The fraction of sp³-hybridized carbons (Fsp3) is 0.600. The molecule has 0 atom stereocenters. The highest BCUT2D eigenvalue weighted by Crippen LogP contribution is 2.22. The van der Waals surface area contributed by atoms with Gasteiger partial charge in [-0.15, -0.1) is 0 Å². The van der Waals surface area contributed by atoms with Gasteiger partial charge in [0.1, 0.15) is 5.82 Å². The lowest BCUT2D eigenvalue weighted by atomic mass is 9.92. The molecule has 0 unspecified atom stereocenters. The van der Waals surface area contributed by atoms with Crippen molar-refractivity contribution in [2.75, 3.05) is 13.6 Å². The topological polar surface area (TPSA) is 23.5 Å². The number of aliphatic hydroxyl groups is 1. The fourth-order valence-corrected chi connectivity index (χ4v) is 2.64. The molecule has 1 saturated carbocycles. The van der Waals surface area contributed by atoms with E-state index in [9.17, 15) is 9.50 Å². The lowest BCUT2D eigenvalue weighted by Gasteiger charge is -2.33. The first-order valence-electron chi connectivity index (χ1n) is 6.78. The summed E-state index contributed by atoms with van der Waals surface area (Å²) in [5, 5.41) is 9.49. The van der Waals surface area contributed by atoms with E-state index in [1.807, 2.05) is 12.1 Å². The highest BCUT2D eigenvalue weighted by molar-refractivity contribution is 5.16. The van der Waals surface area contributed by atoms with Crippen molar-refractivity contribution in [3.63, 3.8) is 0 Å². The second kappa shape index (κ2) is 6.30. The summed E-state index contributed by atoms with van der Waals surface area (Å²) in [6, 6.07) is 7.34. The highest BCUT2D eigenvalue weighted by atomic mass is 19.1. The van der Waals surface area contributed by atoms with Crippen LogP contribution in [0.4, 0.5) is 4.39 Å². The summed E-state index contributed by atoms with van der Waals surface area (Å²) in [5.41, 5.74) is 1.18. The largest absolute Gasteiger partial charge is 0.393 e. The van der Waals surface area contributed by atoms with Crippen LogP contribution in [0.5, 0.6) is 0 Å². The Morgan fingerprint density at radius 3 is 2.39 bits per heavy atom. The summed E-state index contributed by atoms with van der Waals surface area (Å²) in [5.74, 6) is -0.173. The predicted octanol–water partition coefficient (Wildman–Crippen LogP) is 2.60. The van der Waals surface area contributed by atoms with Crippen LogP contribution in [-0.2, 0) is 6.42 Å². The van der Waals surface area contributed by atoms with Crippen molar-refractivity contribution < 1.29 is 9.50 Å². The van der Waals surface area contributed by atoms with E-state index >= 15 is 0 Å². The van der Waals surface area contributed by atoms with Gasteiger partial charge < -0.3 is 10.0 Å². The Balaban J connectivity index is 1.77. The molecule has 0 amide bonds. The van der Waals surface area contributed by atoms with Gasteiger partial charge in [0, 0.05) is 12.6 Å². The maximum atomic E-state index is 12.8. The summed E-state index contributed by atoms with van der Waals surface area (Å²) in [6.45, 7) is 0.992. The van der Waals surface area contributed by atoms with Gasteiger partial charge in [0.25, 0.3) is 0 Å². The molecule has 1 aliphatic rings. The molecule has 2 nitrogen and oxygen atoms in total. The van der Waals surface area contributed by atoms with Gasteiger partial charge in [-0.05, 0) is 56.8 Å². The quantitative estimate of drug-likeness (QED) is 0.889. The van der Waals surface area contributed by atoms with Crippen molar-refractivity contribution >= 4 is 0 Å². The summed E-state index contributed by atoms with van der Waals surface area (Å²) in [4.78, 5) is 2.37. The number of benzene rings is 1. The fourth-order valence-electron chi connectivity index (χ4n) is 2.64. The second-order valence-electron chi connectivity index (χ2n) is 5.32. The number of aliphatic hydroxyl groups excluding tert-OH is 1. The zero-order valence-corrected chi connectivity index (χ0v) is 11.0. The van der Waals surface area contributed by atoms with E-state index in [4.69, 9.17) is 0 Å². The third-order valence-electron chi connectivity index (χ3n) is 3.96. The summed E-state index contributed by atoms with van der Waals surface area (Å²) >= 11 is 0. The van der Waals surface area contributed by atoms with Crippen molar-refractivity contribution in [3.05, 3.63) is 35.6 Å². The van der Waals surface area contributed by atoms with E-state index in [1.54, 1.807) is 0 Å². The molecule has 0 radical (unpaired) electrons. The lowest BCUT2D eigenvalue weighted by molar-refractivity contribution is 0.0847. The minimum absolute atomic E-state index is 0.0910. The van der Waals surface area contributed by atoms with Gasteiger partial charge in [0.2, 0.25) is 0 Å². The van der Waals surface area contributed by atoms with E-state index < -0.39 is 0 Å². The van der Waals surface area contributed by atoms with Gasteiger partial charge in [0.15, 0.2) is 0 Å². The number of nitrogens with zero attached hydrogens (tertiary/aromatic N) is 1. The van der Waals surface area contributed by atoms with E-state index in [-0.39, 0.29) is 11.9 Å². The molecule has 0 aliphatic heterocycles. The number of hydrogen-bond donors (Lipinski definition) is 1. The average molecular weight is 251 g/mol. The molecule has 0 heterocycles. The first-order chi connectivity index (χ1) is 8.65. The molecule has 0 spiro atoms. The number of likely N-dealkylation sites (N-methyl/N-ethyl adjacent to an activating group) is 1. The molecule has 3 heteroatoms. The van der Waals surface area contributed by atoms with Crippen molar-refractivity contribution in [2.45, 2.75) is 44.2 Å². The highest BCUT2D eigenvalue weighted by Gasteiger charge is 2.22. The third kappa shape index (κ3) is 3.79. The molecule has 2 rings (SSSR count). The zero-order valence-electron chi connectivity index (χ0n) is 11.0. The van der Waals surface area contributed by atoms with E-state index in [2.05, 4.69) is 11.9 Å². The van der Waals surface area contributed by atoms with Crippen LogP contribution in [0.1, 0.15) is 31.2 Å². The first kappa shape index (κ1) is 13.5. The van der Waals surface area contributed by atoms with Crippen LogP contribution in [0.15, 0.2) is 24.3 Å². The van der Waals surface area contributed by atoms with Gasteiger partial charge in [-0.3, -0.25) is 0 Å². The number of halogens is 1. The minimum Gasteiger partial charge on any atom is -0.393 e. The molecule has 18 heavy (non-hydrogen) atoms. The summed E-state index contributed by atoms with van der Waals surface area (Å²) in [6.07, 6.45) is 4.88.